The quantitative estimate of drug-likeness (QED) is 0.710. The van der Waals surface area contributed by atoms with Crippen molar-refractivity contribution in [3.63, 3.8) is 0 Å². The van der Waals surface area contributed by atoms with Crippen molar-refractivity contribution in [1.82, 2.24) is 5.32 Å². The van der Waals surface area contributed by atoms with Crippen molar-refractivity contribution in [2.75, 3.05) is 6.54 Å². The lowest BCUT2D eigenvalue weighted by atomic mass is 9.82. The van der Waals surface area contributed by atoms with Crippen molar-refractivity contribution in [1.29, 1.82) is 5.26 Å². The molecule has 0 saturated carbocycles. The van der Waals surface area contributed by atoms with Crippen LogP contribution in [0.4, 0.5) is 0 Å². The molecular weight excluding hydrogens is 220 g/mol. The number of carboxylic acids is 1. The Balaban J connectivity index is 2.58. The van der Waals surface area contributed by atoms with Crippen LogP contribution in [0.15, 0.2) is 12.2 Å². The molecule has 1 amide bonds. The van der Waals surface area contributed by atoms with Gasteiger partial charge in [-0.2, -0.15) is 5.26 Å². The van der Waals surface area contributed by atoms with Crippen molar-refractivity contribution in [2.24, 2.45) is 17.8 Å². The lowest BCUT2D eigenvalue weighted by Crippen LogP contribution is -2.40. The number of carbonyl (C=O) groups is 2. The molecule has 1 aliphatic carbocycles. The van der Waals surface area contributed by atoms with Gasteiger partial charge in [0.1, 0.15) is 0 Å². The predicted octanol–water partition coefficient (Wildman–Crippen LogP) is 0.929. The fraction of sp³-hybridized carbons (Fsp3) is 0.583. The van der Waals surface area contributed by atoms with Crippen LogP contribution in [0, 0.1) is 29.1 Å². The van der Waals surface area contributed by atoms with Gasteiger partial charge in [0.15, 0.2) is 0 Å². The van der Waals surface area contributed by atoms with Gasteiger partial charge in [-0.1, -0.05) is 12.2 Å². The summed E-state index contributed by atoms with van der Waals surface area (Å²) in [7, 11) is 0. The molecule has 0 aromatic rings. The Bertz CT molecular complexity index is 370. The minimum Gasteiger partial charge on any atom is -0.481 e. The van der Waals surface area contributed by atoms with Crippen LogP contribution >= 0.6 is 0 Å². The summed E-state index contributed by atoms with van der Waals surface area (Å²) in [5.74, 6) is -2.66. The van der Waals surface area contributed by atoms with Gasteiger partial charge >= 0.3 is 5.97 Å². The Kier molecular flexibility index (Phi) is 4.70. The first-order valence-electron chi connectivity index (χ1n) is 5.61. The molecule has 0 bridgehead atoms. The molecule has 0 heterocycles. The van der Waals surface area contributed by atoms with Crippen molar-refractivity contribution >= 4 is 11.9 Å². The van der Waals surface area contributed by atoms with E-state index < -0.39 is 17.8 Å². The van der Waals surface area contributed by atoms with Crippen LogP contribution in [0.2, 0.25) is 0 Å². The third-order valence-corrected chi connectivity index (χ3v) is 2.89. The smallest absolute Gasteiger partial charge is 0.307 e. The molecule has 1 unspecified atom stereocenters. The summed E-state index contributed by atoms with van der Waals surface area (Å²) < 4.78 is 0. The molecule has 1 aliphatic rings. The van der Waals surface area contributed by atoms with Gasteiger partial charge in [-0.25, -0.2) is 0 Å². The molecule has 3 atom stereocenters. The van der Waals surface area contributed by atoms with Crippen molar-refractivity contribution < 1.29 is 14.7 Å². The normalized spacial score (nSPS) is 24.7. The van der Waals surface area contributed by atoms with Crippen LogP contribution < -0.4 is 5.32 Å². The Morgan fingerprint density at radius 1 is 1.47 bits per heavy atom. The van der Waals surface area contributed by atoms with Gasteiger partial charge in [0.2, 0.25) is 5.91 Å². The Hall–Kier alpha value is -1.83. The van der Waals surface area contributed by atoms with Crippen LogP contribution in [-0.2, 0) is 9.59 Å². The van der Waals surface area contributed by atoms with Crippen molar-refractivity contribution in [3.05, 3.63) is 12.2 Å². The zero-order chi connectivity index (χ0) is 12.8. The number of nitriles is 1. The highest BCUT2D eigenvalue weighted by Crippen LogP contribution is 2.25. The summed E-state index contributed by atoms with van der Waals surface area (Å²) in [5.41, 5.74) is 0. The number of nitrogens with one attached hydrogen (secondary N) is 1. The largest absolute Gasteiger partial charge is 0.481 e. The minimum atomic E-state index is -0.942. The van der Waals surface area contributed by atoms with Gasteiger partial charge in [0.05, 0.1) is 23.8 Å². The van der Waals surface area contributed by atoms with E-state index >= 15 is 0 Å². The third kappa shape index (κ3) is 3.59. The number of hydrogen-bond donors (Lipinski definition) is 2. The molecule has 0 fully saturated rings. The minimum absolute atomic E-state index is 0.263. The number of nitrogens with zero attached hydrogens (tertiary/aromatic N) is 1. The Labute approximate surface area is 100 Å². The molecule has 0 aliphatic heterocycles. The summed E-state index contributed by atoms with van der Waals surface area (Å²) in [6.07, 6.45) is 4.46. The average Bonchev–Trinajstić information content (AvgIpc) is 2.35. The second-order valence-electron chi connectivity index (χ2n) is 4.27. The molecule has 5 heteroatoms. The maximum atomic E-state index is 11.8. The summed E-state index contributed by atoms with van der Waals surface area (Å²) >= 11 is 0. The fourth-order valence-electron chi connectivity index (χ4n) is 1.81. The van der Waals surface area contributed by atoms with Crippen LogP contribution in [0.3, 0.4) is 0 Å². The van der Waals surface area contributed by atoms with E-state index in [4.69, 9.17) is 10.4 Å². The van der Waals surface area contributed by atoms with Gasteiger partial charge in [0.25, 0.3) is 0 Å². The monoisotopic (exact) mass is 236 g/mol. The maximum absolute atomic E-state index is 11.8. The first-order chi connectivity index (χ1) is 8.06. The highest BCUT2D eigenvalue weighted by atomic mass is 16.4. The van der Waals surface area contributed by atoms with Gasteiger partial charge in [-0.3, -0.25) is 9.59 Å². The summed E-state index contributed by atoms with van der Waals surface area (Å²) in [4.78, 5) is 22.8. The molecule has 0 aromatic carbocycles. The molecule has 0 saturated heterocycles. The van der Waals surface area contributed by atoms with Gasteiger partial charge in [-0.05, 0) is 19.8 Å². The molecule has 2 N–H and O–H groups in total. The average molecular weight is 236 g/mol. The van der Waals surface area contributed by atoms with E-state index in [1.807, 2.05) is 12.1 Å². The van der Waals surface area contributed by atoms with Crippen molar-refractivity contribution in [2.45, 2.75) is 19.8 Å². The fourth-order valence-corrected chi connectivity index (χ4v) is 1.81. The van der Waals surface area contributed by atoms with E-state index in [1.54, 1.807) is 13.0 Å². The summed E-state index contributed by atoms with van der Waals surface area (Å²) in [6.45, 7) is 1.97. The molecular formula is C12H16N2O3. The number of carboxylic acid groups (broad SMARTS) is 1. The van der Waals surface area contributed by atoms with E-state index in [9.17, 15) is 9.59 Å². The first-order valence-corrected chi connectivity index (χ1v) is 5.61. The summed E-state index contributed by atoms with van der Waals surface area (Å²) in [5, 5.41) is 20.2. The zero-order valence-electron chi connectivity index (χ0n) is 9.72. The van der Waals surface area contributed by atoms with Crippen molar-refractivity contribution in [3.8, 4) is 6.07 Å². The lowest BCUT2D eigenvalue weighted by Gasteiger charge is -2.24. The van der Waals surface area contributed by atoms with Gasteiger partial charge in [-0.15, -0.1) is 0 Å². The van der Waals surface area contributed by atoms with Crippen LogP contribution in [0.25, 0.3) is 0 Å². The number of rotatable bonds is 4. The number of hydrogen-bond acceptors (Lipinski definition) is 3. The molecule has 92 valence electrons. The summed E-state index contributed by atoms with van der Waals surface area (Å²) in [6, 6.07) is 2.01. The van der Waals surface area contributed by atoms with Crippen LogP contribution in [0.1, 0.15) is 19.8 Å². The number of carbonyl (C=O) groups excluding carboxylic acids is 1. The predicted molar refractivity (Wildman–Crippen MR) is 60.8 cm³/mol. The topological polar surface area (TPSA) is 90.2 Å². The number of aliphatic carboxylic acids is 1. The Morgan fingerprint density at radius 3 is 2.59 bits per heavy atom. The van der Waals surface area contributed by atoms with Crippen LogP contribution in [-0.4, -0.2) is 23.5 Å². The zero-order valence-corrected chi connectivity index (χ0v) is 9.72. The molecule has 5 nitrogen and oxygen atoms in total. The molecule has 0 radical (unpaired) electrons. The highest BCUT2D eigenvalue weighted by molar-refractivity contribution is 5.85. The Morgan fingerprint density at radius 2 is 2.06 bits per heavy atom. The lowest BCUT2D eigenvalue weighted by molar-refractivity contribution is -0.147. The standard InChI is InChI=1S/C12H16N2O3/c1-8(6-13)7-14-11(15)9-4-2-3-5-10(9)12(16)17/h2-3,8-10H,4-5,7H2,1H3,(H,14,15)(H,16,17)/t8?,9-,10+/m1/s1. The van der Waals surface area contributed by atoms with Gasteiger partial charge in [0, 0.05) is 6.54 Å². The number of amides is 1. The molecule has 1 rings (SSSR count). The molecule has 0 spiro atoms. The van der Waals surface area contributed by atoms with Gasteiger partial charge < -0.3 is 10.4 Å². The third-order valence-electron chi connectivity index (χ3n) is 2.89. The van der Waals surface area contributed by atoms with E-state index in [2.05, 4.69) is 5.32 Å². The maximum Gasteiger partial charge on any atom is 0.307 e. The SMILES string of the molecule is CC(C#N)CNC(=O)[C@@H]1CC=CC[C@@H]1C(=O)O. The van der Waals surface area contributed by atoms with E-state index in [0.29, 0.717) is 12.8 Å². The number of allylic oxidation sites excluding steroid dienone is 2. The molecule has 0 aromatic heterocycles. The highest BCUT2D eigenvalue weighted by Gasteiger charge is 2.33. The van der Waals surface area contributed by atoms with E-state index in [-0.39, 0.29) is 18.4 Å². The first kappa shape index (κ1) is 13.2. The van der Waals surface area contributed by atoms with E-state index in [1.165, 1.54) is 0 Å². The van der Waals surface area contributed by atoms with E-state index in [0.717, 1.165) is 0 Å². The van der Waals surface area contributed by atoms with Crippen LogP contribution in [0.5, 0.6) is 0 Å². The molecule has 17 heavy (non-hydrogen) atoms. The second kappa shape index (κ2) is 6.04. The second-order valence-corrected chi connectivity index (χ2v) is 4.27.